The molecule has 0 saturated heterocycles. The Hall–Kier alpha value is -3.88. The third-order valence-electron chi connectivity index (χ3n) is 5.76. The predicted octanol–water partition coefficient (Wildman–Crippen LogP) is 3.42. The van der Waals surface area contributed by atoms with Crippen LogP contribution >= 0.6 is 0 Å². The maximum absolute atomic E-state index is 14.7. The van der Waals surface area contributed by atoms with Crippen molar-refractivity contribution < 1.29 is 18.6 Å². The molecule has 4 aromatic rings. The summed E-state index contributed by atoms with van der Waals surface area (Å²) in [4.78, 5) is 4.49. The number of hydrogen-bond donors (Lipinski definition) is 1. The molecule has 0 amide bonds. The molecule has 0 bridgehead atoms. The van der Waals surface area contributed by atoms with Gasteiger partial charge in [0.15, 0.2) is 17.2 Å². The lowest BCUT2D eigenvalue weighted by Gasteiger charge is -2.17. The number of hydrogen-bond acceptors (Lipinski definition) is 7. The fourth-order valence-corrected chi connectivity index (χ4v) is 4.32. The molecule has 3 aromatic heterocycles. The number of benzene rings is 1. The molecule has 31 heavy (non-hydrogen) atoms. The molecule has 2 aliphatic heterocycles. The molecule has 0 saturated carbocycles. The van der Waals surface area contributed by atoms with Gasteiger partial charge in [-0.05, 0) is 30.3 Å². The number of rotatable bonds is 2. The summed E-state index contributed by atoms with van der Waals surface area (Å²) in [7, 11) is 1.60. The van der Waals surface area contributed by atoms with Crippen LogP contribution in [0.4, 0.5) is 10.2 Å². The minimum atomic E-state index is -0.264. The molecule has 6 rings (SSSR count). The van der Waals surface area contributed by atoms with Crippen LogP contribution in [0.3, 0.4) is 0 Å². The Morgan fingerprint density at radius 1 is 1.19 bits per heavy atom. The topological polar surface area (TPSA) is 82.8 Å². The number of nitrogens with one attached hydrogen (secondary N) is 1. The normalized spacial score (nSPS) is 16.8. The third kappa shape index (κ3) is 2.69. The zero-order chi connectivity index (χ0) is 20.9. The van der Waals surface area contributed by atoms with Crippen LogP contribution in [0.2, 0.25) is 0 Å². The van der Waals surface area contributed by atoms with E-state index in [0.29, 0.717) is 53.2 Å². The number of nitrogens with zero attached hydrogens (tertiary/aromatic N) is 4. The largest absolute Gasteiger partial charge is 0.494 e. The quantitative estimate of drug-likeness (QED) is 0.533. The highest BCUT2D eigenvalue weighted by molar-refractivity contribution is 5.82. The molecule has 2 aliphatic rings. The molecule has 1 atom stereocenters. The average Bonchev–Trinajstić information content (AvgIpc) is 3.45. The number of halogens is 1. The molecule has 1 N–H and O–H groups in total. The van der Waals surface area contributed by atoms with Gasteiger partial charge in [-0.1, -0.05) is 0 Å². The highest BCUT2D eigenvalue weighted by atomic mass is 19.1. The first-order chi connectivity index (χ1) is 15.2. The van der Waals surface area contributed by atoms with E-state index in [0.717, 1.165) is 11.1 Å². The summed E-state index contributed by atoms with van der Waals surface area (Å²) in [5.74, 6) is 2.25. The van der Waals surface area contributed by atoms with Gasteiger partial charge in [0.25, 0.3) is 0 Å². The molecule has 156 valence electrons. The van der Waals surface area contributed by atoms with Crippen LogP contribution in [0, 0.1) is 5.82 Å². The number of methoxy groups -OCH3 is 1. The molecule has 1 unspecified atom stereocenters. The molecule has 5 heterocycles. The van der Waals surface area contributed by atoms with E-state index in [4.69, 9.17) is 14.2 Å². The smallest absolute Gasteiger partial charge is 0.172 e. The fourth-order valence-electron chi connectivity index (χ4n) is 4.32. The number of ether oxygens (including phenoxy) is 3. The van der Waals surface area contributed by atoms with E-state index < -0.39 is 0 Å². The van der Waals surface area contributed by atoms with Gasteiger partial charge in [-0.2, -0.15) is 0 Å². The summed E-state index contributed by atoms with van der Waals surface area (Å²) in [6, 6.07) is 8.65. The zero-order valence-corrected chi connectivity index (χ0v) is 16.6. The predicted molar refractivity (Wildman–Crippen MR) is 110 cm³/mol. The number of pyridine rings is 2. The Balaban J connectivity index is 1.53. The van der Waals surface area contributed by atoms with Crippen molar-refractivity contribution in [2.45, 2.75) is 12.5 Å². The van der Waals surface area contributed by atoms with E-state index in [1.165, 1.54) is 6.07 Å². The van der Waals surface area contributed by atoms with Crippen molar-refractivity contribution in [1.29, 1.82) is 0 Å². The molecule has 8 nitrogen and oxygen atoms in total. The second kappa shape index (κ2) is 6.83. The van der Waals surface area contributed by atoms with Gasteiger partial charge in [0, 0.05) is 23.9 Å². The Bertz CT molecular complexity index is 1320. The van der Waals surface area contributed by atoms with Gasteiger partial charge in [0.05, 0.1) is 31.8 Å². The van der Waals surface area contributed by atoms with Crippen LogP contribution in [0.5, 0.6) is 17.2 Å². The van der Waals surface area contributed by atoms with Crippen LogP contribution in [0.25, 0.3) is 16.9 Å². The van der Waals surface area contributed by atoms with E-state index >= 15 is 0 Å². The first-order valence-corrected chi connectivity index (χ1v) is 9.91. The standard InChI is InChI=1S/C22H18FN5O3/c1-29-17-3-2-6-24-20(17)13-7-18-22(28-11-26-27-21(13)28)25-8-14-15(23)4-5-16-19(14)12(9-30-16)10-31-18/h2-7,11-12,25H,8-10H2,1H3. The SMILES string of the molecule is COc1cccnc1-c1cc2c(n3cnnc13)NCc1c(F)ccc3c1C(CO3)CO2. The first kappa shape index (κ1) is 17.9. The lowest BCUT2D eigenvalue weighted by Crippen LogP contribution is -2.13. The number of aromatic nitrogens is 4. The third-order valence-corrected chi connectivity index (χ3v) is 5.76. The fraction of sp³-hybridized carbons (Fsp3) is 0.227. The zero-order valence-electron chi connectivity index (χ0n) is 16.6. The Labute approximate surface area is 176 Å². The highest BCUT2D eigenvalue weighted by Gasteiger charge is 2.31. The number of anilines is 1. The van der Waals surface area contributed by atoms with Gasteiger partial charge < -0.3 is 19.5 Å². The van der Waals surface area contributed by atoms with Gasteiger partial charge in [-0.15, -0.1) is 10.2 Å². The average molecular weight is 419 g/mol. The van der Waals surface area contributed by atoms with Crippen molar-refractivity contribution in [3.8, 4) is 28.5 Å². The van der Waals surface area contributed by atoms with E-state index in [2.05, 4.69) is 20.5 Å². The lowest BCUT2D eigenvalue weighted by atomic mass is 9.96. The summed E-state index contributed by atoms with van der Waals surface area (Å²) in [5, 5.41) is 11.7. The molecule has 0 spiro atoms. The van der Waals surface area contributed by atoms with Crippen LogP contribution in [0.1, 0.15) is 17.0 Å². The van der Waals surface area contributed by atoms with Crippen LogP contribution in [-0.2, 0) is 6.54 Å². The van der Waals surface area contributed by atoms with Crippen molar-refractivity contribution in [3.05, 3.63) is 59.8 Å². The van der Waals surface area contributed by atoms with Gasteiger partial charge in [0.1, 0.15) is 29.3 Å². The molecular weight excluding hydrogens is 401 g/mol. The van der Waals surface area contributed by atoms with Crippen molar-refractivity contribution in [1.82, 2.24) is 19.6 Å². The first-order valence-electron chi connectivity index (χ1n) is 9.91. The summed E-state index contributed by atoms with van der Waals surface area (Å²) in [6.45, 7) is 1.09. The van der Waals surface area contributed by atoms with Crippen LogP contribution < -0.4 is 19.5 Å². The van der Waals surface area contributed by atoms with Gasteiger partial charge in [-0.25, -0.2) is 4.39 Å². The maximum atomic E-state index is 14.7. The second-order valence-corrected chi connectivity index (χ2v) is 7.46. The minimum Gasteiger partial charge on any atom is -0.494 e. The minimum absolute atomic E-state index is 0.0575. The summed E-state index contributed by atoms with van der Waals surface area (Å²) < 4.78 is 34.0. The van der Waals surface area contributed by atoms with E-state index in [1.54, 1.807) is 30.1 Å². The number of fused-ring (bicyclic) bond motifs is 3. The van der Waals surface area contributed by atoms with Crippen molar-refractivity contribution >= 4 is 11.5 Å². The van der Waals surface area contributed by atoms with E-state index in [-0.39, 0.29) is 18.3 Å². The molecule has 0 fully saturated rings. The van der Waals surface area contributed by atoms with Crippen molar-refractivity contribution in [2.24, 2.45) is 0 Å². The Morgan fingerprint density at radius 3 is 2.94 bits per heavy atom. The molecule has 9 heteroatoms. The maximum Gasteiger partial charge on any atom is 0.172 e. The van der Waals surface area contributed by atoms with E-state index in [9.17, 15) is 4.39 Å². The van der Waals surface area contributed by atoms with Crippen molar-refractivity contribution in [2.75, 3.05) is 25.6 Å². The van der Waals surface area contributed by atoms with Crippen LogP contribution in [-0.4, -0.2) is 39.9 Å². The Kier molecular flexibility index (Phi) is 3.95. The molecular formula is C22H18FN5O3. The van der Waals surface area contributed by atoms with Gasteiger partial charge in [-0.3, -0.25) is 9.38 Å². The van der Waals surface area contributed by atoms with Crippen LogP contribution in [0.15, 0.2) is 42.9 Å². The summed E-state index contributed by atoms with van der Waals surface area (Å²) in [6.07, 6.45) is 3.30. The highest BCUT2D eigenvalue weighted by Crippen LogP contribution is 2.42. The molecule has 1 aromatic carbocycles. The van der Waals surface area contributed by atoms with E-state index in [1.807, 2.05) is 18.2 Å². The van der Waals surface area contributed by atoms with Crippen molar-refractivity contribution in [3.63, 3.8) is 0 Å². The molecule has 0 aliphatic carbocycles. The van der Waals surface area contributed by atoms with Gasteiger partial charge in [0.2, 0.25) is 0 Å². The summed E-state index contributed by atoms with van der Waals surface area (Å²) >= 11 is 0. The second-order valence-electron chi connectivity index (χ2n) is 7.46. The molecule has 0 radical (unpaired) electrons. The monoisotopic (exact) mass is 419 g/mol. The summed E-state index contributed by atoms with van der Waals surface area (Å²) in [5.41, 5.74) is 3.41. The lowest BCUT2D eigenvalue weighted by molar-refractivity contribution is 0.249. The Morgan fingerprint density at radius 2 is 2.06 bits per heavy atom. The van der Waals surface area contributed by atoms with Gasteiger partial charge >= 0.3 is 0 Å².